The molecule has 1 atom stereocenters. The van der Waals surface area contributed by atoms with Crippen molar-refractivity contribution in [2.45, 2.75) is 26.3 Å². The van der Waals surface area contributed by atoms with Gasteiger partial charge < -0.3 is 10.4 Å². The summed E-state index contributed by atoms with van der Waals surface area (Å²) in [6.45, 7) is 3.75. The third-order valence-corrected chi connectivity index (χ3v) is 4.19. The van der Waals surface area contributed by atoms with Gasteiger partial charge in [0.15, 0.2) is 0 Å². The first-order valence-corrected chi connectivity index (χ1v) is 7.17. The van der Waals surface area contributed by atoms with E-state index in [0.717, 1.165) is 24.9 Å². The Morgan fingerprint density at radius 1 is 1.22 bits per heavy atom. The van der Waals surface area contributed by atoms with E-state index >= 15 is 0 Å². The Labute approximate surface area is 123 Å². The summed E-state index contributed by atoms with van der Waals surface area (Å²) in [6.07, 6.45) is 1.84. The minimum atomic E-state index is 0.221. The molecule has 0 heterocycles. The monoisotopic (exact) mass is 309 g/mol. The average Bonchev–Trinajstić information content (AvgIpc) is 2.37. The molecule has 0 aromatic heterocycles. The van der Waals surface area contributed by atoms with E-state index in [1.807, 2.05) is 0 Å². The lowest BCUT2D eigenvalue weighted by atomic mass is 10.0. The zero-order valence-electron chi connectivity index (χ0n) is 10.3. The van der Waals surface area contributed by atoms with Crippen LogP contribution in [0.5, 0.6) is 0 Å². The highest BCUT2D eigenvalue weighted by molar-refractivity contribution is 6.44. The molecule has 0 aliphatic carbocycles. The van der Waals surface area contributed by atoms with E-state index in [2.05, 4.69) is 12.2 Å². The smallest absolute Gasteiger partial charge is 0.0652 e. The number of benzene rings is 1. The molecule has 0 aliphatic rings. The van der Waals surface area contributed by atoms with E-state index in [1.54, 1.807) is 12.1 Å². The van der Waals surface area contributed by atoms with Crippen LogP contribution >= 0.6 is 34.8 Å². The van der Waals surface area contributed by atoms with Crippen LogP contribution in [0, 0.1) is 5.92 Å². The molecular formula is C13H18Cl3NO. The van der Waals surface area contributed by atoms with Gasteiger partial charge in [-0.05, 0) is 31.0 Å². The van der Waals surface area contributed by atoms with E-state index in [0.29, 0.717) is 27.5 Å². The molecule has 0 saturated carbocycles. The van der Waals surface area contributed by atoms with Crippen molar-refractivity contribution in [3.05, 3.63) is 32.8 Å². The summed E-state index contributed by atoms with van der Waals surface area (Å²) < 4.78 is 0. The molecule has 0 fully saturated rings. The first kappa shape index (κ1) is 16.1. The Kier molecular flexibility index (Phi) is 7.35. The molecule has 0 radical (unpaired) electrons. The minimum absolute atomic E-state index is 0.221. The molecule has 2 nitrogen and oxygen atoms in total. The fourth-order valence-electron chi connectivity index (χ4n) is 1.77. The highest BCUT2D eigenvalue weighted by Gasteiger charge is 2.10. The van der Waals surface area contributed by atoms with E-state index in [-0.39, 0.29) is 6.61 Å². The predicted octanol–water partition coefficient (Wildman–Crippen LogP) is 4.15. The summed E-state index contributed by atoms with van der Waals surface area (Å²) in [5.74, 6) is 0.465. The minimum Gasteiger partial charge on any atom is -0.396 e. The molecule has 1 unspecified atom stereocenters. The summed E-state index contributed by atoms with van der Waals surface area (Å²) in [4.78, 5) is 0. The zero-order chi connectivity index (χ0) is 13.5. The van der Waals surface area contributed by atoms with Crippen molar-refractivity contribution >= 4 is 34.8 Å². The molecule has 5 heteroatoms. The number of halogens is 3. The van der Waals surface area contributed by atoms with Crippen LogP contribution in [0.25, 0.3) is 0 Å². The van der Waals surface area contributed by atoms with Crippen LogP contribution in [0.1, 0.15) is 25.3 Å². The van der Waals surface area contributed by atoms with Crippen LogP contribution in [0.4, 0.5) is 0 Å². The SMILES string of the molecule is CCC(CCO)CNCc1c(Cl)ccc(Cl)c1Cl. The summed E-state index contributed by atoms with van der Waals surface area (Å²) >= 11 is 18.2. The lowest BCUT2D eigenvalue weighted by Gasteiger charge is -2.15. The molecule has 1 aromatic rings. The maximum Gasteiger partial charge on any atom is 0.0652 e. The first-order valence-electron chi connectivity index (χ1n) is 6.04. The lowest BCUT2D eigenvalue weighted by molar-refractivity contribution is 0.251. The Balaban J connectivity index is 2.56. The van der Waals surface area contributed by atoms with Crippen LogP contribution in [0.15, 0.2) is 12.1 Å². The third-order valence-electron chi connectivity index (χ3n) is 2.99. The van der Waals surface area contributed by atoms with Gasteiger partial charge in [0.05, 0.1) is 10.0 Å². The quantitative estimate of drug-likeness (QED) is 0.742. The van der Waals surface area contributed by atoms with Crippen LogP contribution in [-0.4, -0.2) is 18.3 Å². The summed E-state index contributed by atoms with van der Waals surface area (Å²) in [5, 5.41) is 13.9. The number of nitrogens with one attached hydrogen (secondary N) is 1. The molecule has 2 N–H and O–H groups in total. The van der Waals surface area contributed by atoms with Crippen LogP contribution in [0.3, 0.4) is 0 Å². The molecule has 0 saturated heterocycles. The van der Waals surface area contributed by atoms with Crippen molar-refractivity contribution in [1.82, 2.24) is 5.32 Å². The second-order valence-corrected chi connectivity index (χ2v) is 5.43. The Bertz CT molecular complexity index is 385. The maximum absolute atomic E-state index is 8.92. The van der Waals surface area contributed by atoms with Gasteiger partial charge >= 0.3 is 0 Å². The molecular weight excluding hydrogens is 293 g/mol. The summed E-state index contributed by atoms with van der Waals surface area (Å²) in [5.41, 5.74) is 0.824. The van der Waals surface area contributed by atoms with Crippen molar-refractivity contribution in [2.75, 3.05) is 13.2 Å². The first-order chi connectivity index (χ1) is 8.60. The van der Waals surface area contributed by atoms with Gasteiger partial charge in [-0.2, -0.15) is 0 Å². The van der Waals surface area contributed by atoms with E-state index < -0.39 is 0 Å². The predicted molar refractivity (Wildman–Crippen MR) is 78.7 cm³/mol. The molecule has 1 rings (SSSR count). The van der Waals surface area contributed by atoms with Crippen molar-refractivity contribution in [3.8, 4) is 0 Å². The van der Waals surface area contributed by atoms with Gasteiger partial charge in [0.1, 0.15) is 0 Å². The van der Waals surface area contributed by atoms with Crippen molar-refractivity contribution in [3.63, 3.8) is 0 Å². The molecule has 18 heavy (non-hydrogen) atoms. The van der Waals surface area contributed by atoms with Crippen LogP contribution < -0.4 is 5.32 Å². The number of rotatable bonds is 7. The van der Waals surface area contributed by atoms with Gasteiger partial charge in [-0.15, -0.1) is 0 Å². The highest BCUT2D eigenvalue weighted by Crippen LogP contribution is 2.31. The maximum atomic E-state index is 8.92. The molecule has 102 valence electrons. The second kappa shape index (κ2) is 8.23. The Morgan fingerprint density at radius 3 is 2.50 bits per heavy atom. The van der Waals surface area contributed by atoms with Crippen LogP contribution in [0.2, 0.25) is 15.1 Å². The second-order valence-electron chi connectivity index (χ2n) is 4.24. The average molecular weight is 311 g/mol. The fourth-order valence-corrected chi connectivity index (χ4v) is 2.45. The zero-order valence-corrected chi connectivity index (χ0v) is 12.6. The third kappa shape index (κ3) is 4.60. The van der Waals surface area contributed by atoms with Gasteiger partial charge in [-0.25, -0.2) is 0 Å². The molecule has 0 amide bonds. The molecule has 0 bridgehead atoms. The van der Waals surface area contributed by atoms with Gasteiger partial charge in [0, 0.05) is 23.7 Å². The Hall–Kier alpha value is 0.01000. The number of aliphatic hydroxyl groups excluding tert-OH is 1. The fraction of sp³-hybridized carbons (Fsp3) is 0.538. The van der Waals surface area contributed by atoms with E-state index in [4.69, 9.17) is 39.9 Å². The summed E-state index contributed by atoms with van der Waals surface area (Å²) in [7, 11) is 0. The molecule has 1 aromatic carbocycles. The van der Waals surface area contributed by atoms with Crippen molar-refractivity contribution < 1.29 is 5.11 Å². The molecule has 0 aliphatic heterocycles. The highest BCUT2D eigenvalue weighted by atomic mass is 35.5. The van der Waals surface area contributed by atoms with E-state index in [1.165, 1.54) is 0 Å². The van der Waals surface area contributed by atoms with Crippen LogP contribution in [-0.2, 0) is 6.54 Å². The number of aliphatic hydroxyl groups is 1. The number of hydrogen-bond acceptors (Lipinski definition) is 2. The van der Waals surface area contributed by atoms with E-state index in [9.17, 15) is 0 Å². The lowest BCUT2D eigenvalue weighted by Crippen LogP contribution is -2.23. The summed E-state index contributed by atoms with van der Waals surface area (Å²) in [6, 6.07) is 3.44. The Morgan fingerprint density at radius 2 is 1.89 bits per heavy atom. The normalized spacial score (nSPS) is 12.7. The van der Waals surface area contributed by atoms with Crippen molar-refractivity contribution in [1.29, 1.82) is 0 Å². The van der Waals surface area contributed by atoms with Gasteiger partial charge in [-0.1, -0.05) is 48.1 Å². The van der Waals surface area contributed by atoms with Crippen molar-refractivity contribution in [2.24, 2.45) is 5.92 Å². The molecule has 0 spiro atoms. The van der Waals surface area contributed by atoms with Gasteiger partial charge in [0.25, 0.3) is 0 Å². The topological polar surface area (TPSA) is 32.3 Å². The standard InChI is InChI=1S/C13H18Cl3NO/c1-2-9(5-6-18)7-17-8-10-11(14)3-4-12(15)13(10)16/h3-4,9,17-18H,2,5-8H2,1H3. The largest absolute Gasteiger partial charge is 0.396 e. The number of hydrogen-bond donors (Lipinski definition) is 2. The van der Waals surface area contributed by atoms with Gasteiger partial charge in [0.2, 0.25) is 0 Å². The van der Waals surface area contributed by atoms with Gasteiger partial charge in [-0.3, -0.25) is 0 Å².